The Morgan fingerprint density at radius 1 is 1.17 bits per heavy atom. The van der Waals surface area contributed by atoms with Crippen LogP contribution in [-0.2, 0) is 14.3 Å². The van der Waals surface area contributed by atoms with Gasteiger partial charge in [0.25, 0.3) is 0 Å². The smallest absolute Gasteiger partial charge is 0.343 e. The summed E-state index contributed by atoms with van der Waals surface area (Å²) in [6, 6.07) is 9.11. The third-order valence-corrected chi connectivity index (χ3v) is 4.92. The molecular formula is C23H24N2O5. The van der Waals surface area contributed by atoms with Crippen molar-refractivity contribution in [3.8, 4) is 5.69 Å². The molecule has 0 atom stereocenters. The van der Waals surface area contributed by atoms with Crippen LogP contribution in [0.5, 0.6) is 0 Å². The summed E-state index contributed by atoms with van der Waals surface area (Å²) >= 11 is 0. The van der Waals surface area contributed by atoms with Crippen molar-refractivity contribution in [3.63, 3.8) is 0 Å². The molecule has 0 saturated carbocycles. The molecule has 1 aliphatic heterocycles. The van der Waals surface area contributed by atoms with E-state index in [1.54, 1.807) is 32.1 Å². The second-order valence-electron chi connectivity index (χ2n) is 6.84. The average molecular weight is 408 g/mol. The van der Waals surface area contributed by atoms with E-state index in [4.69, 9.17) is 9.47 Å². The predicted molar refractivity (Wildman–Crippen MR) is 114 cm³/mol. The molecule has 0 bridgehead atoms. The second kappa shape index (κ2) is 8.41. The number of methoxy groups -OCH3 is 1. The van der Waals surface area contributed by atoms with Gasteiger partial charge in [-0.3, -0.25) is 0 Å². The molecule has 0 fully saturated rings. The highest BCUT2D eigenvalue weighted by Crippen LogP contribution is 2.30. The van der Waals surface area contributed by atoms with Crippen molar-refractivity contribution in [2.45, 2.75) is 27.7 Å². The van der Waals surface area contributed by atoms with Crippen molar-refractivity contribution >= 4 is 23.7 Å². The number of aromatic nitrogens is 1. The molecule has 1 aromatic carbocycles. The first-order valence-corrected chi connectivity index (χ1v) is 9.54. The van der Waals surface area contributed by atoms with Gasteiger partial charge in [0, 0.05) is 11.4 Å². The second-order valence-corrected chi connectivity index (χ2v) is 6.84. The number of benzene rings is 1. The summed E-state index contributed by atoms with van der Waals surface area (Å²) in [5, 5.41) is 10.5. The van der Waals surface area contributed by atoms with Gasteiger partial charge >= 0.3 is 11.9 Å². The van der Waals surface area contributed by atoms with E-state index in [2.05, 4.69) is 4.99 Å². The Balaban J connectivity index is 2.09. The van der Waals surface area contributed by atoms with Gasteiger partial charge in [-0.05, 0) is 57.5 Å². The van der Waals surface area contributed by atoms with Crippen molar-refractivity contribution in [1.82, 2.24) is 4.57 Å². The molecule has 2 heterocycles. The van der Waals surface area contributed by atoms with Crippen LogP contribution in [0, 0.1) is 13.8 Å². The van der Waals surface area contributed by atoms with Crippen LogP contribution < -0.4 is 0 Å². The number of aliphatic imine (C=N–C) groups is 1. The molecule has 7 nitrogen and oxygen atoms in total. The van der Waals surface area contributed by atoms with Gasteiger partial charge < -0.3 is 19.1 Å². The number of aryl methyl sites for hydroxylation is 1. The minimum atomic E-state index is -0.600. The number of ether oxygens (including phenoxy) is 2. The van der Waals surface area contributed by atoms with Gasteiger partial charge in [-0.1, -0.05) is 12.1 Å². The summed E-state index contributed by atoms with van der Waals surface area (Å²) in [6.45, 7) is 7.40. The van der Waals surface area contributed by atoms with Crippen LogP contribution in [-0.4, -0.2) is 41.0 Å². The van der Waals surface area contributed by atoms with E-state index in [-0.39, 0.29) is 23.6 Å². The Labute approximate surface area is 175 Å². The molecule has 0 spiro atoms. The first-order valence-electron chi connectivity index (χ1n) is 9.54. The van der Waals surface area contributed by atoms with Gasteiger partial charge in [-0.2, -0.15) is 0 Å². The van der Waals surface area contributed by atoms with Gasteiger partial charge in [0.1, 0.15) is 11.3 Å². The number of hydrogen-bond donors (Lipinski definition) is 1. The molecule has 0 unspecified atom stereocenters. The largest absolute Gasteiger partial charge is 0.505 e. The summed E-state index contributed by atoms with van der Waals surface area (Å²) in [5.74, 6) is -1.23. The number of nitrogens with zero attached hydrogens (tertiary/aromatic N) is 2. The fraction of sp³-hybridized carbons (Fsp3) is 0.261. The van der Waals surface area contributed by atoms with Crippen molar-refractivity contribution in [1.29, 1.82) is 0 Å². The maximum absolute atomic E-state index is 12.2. The van der Waals surface area contributed by atoms with Gasteiger partial charge in [-0.25, -0.2) is 14.6 Å². The van der Waals surface area contributed by atoms with E-state index in [0.29, 0.717) is 17.0 Å². The van der Waals surface area contributed by atoms with E-state index in [9.17, 15) is 14.7 Å². The highest BCUT2D eigenvalue weighted by molar-refractivity contribution is 6.22. The molecule has 0 saturated heterocycles. The van der Waals surface area contributed by atoms with Gasteiger partial charge in [0.05, 0.1) is 30.7 Å². The molecule has 0 radical (unpaired) electrons. The number of carbonyl (C=O) groups excluding carboxylic acids is 2. The summed E-state index contributed by atoms with van der Waals surface area (Å²) in [5.41, 5.74) is 4.46. The molecule has 0 amide bonds. The van der Waals surface area contributed by atoms with Crippen LogP contribution in [0.1, 0.15) is 41.2 Å². The third-order valence-electron chi connectivity index (χ3n) is 4.92. The van der Waals surface area contributed by atoms with Crippen LogP contribution in [0.3, 0.4) is 0 Å². The number of aliphatic hydroxyl groups excluding tert-OH is 1. The molecule has 0 aliphatic carbocycles. The lowest BCUT2D eigenvalue weighted by Gasteiger charge is -2.13. The Bertz CT molecular complexity index is 1120. The molecule has 30 heavy (non-hydrogen) atoms. The molecule has 7 heteroatoms. The Morgan fingerprint density at radius 3 is 2.53 bits per heavy atom. The molecule has 1 aliphatic rings. The third kappa shape index (κ3) is 3.66. The van der Waals surface area contributed by atoms with E-state index in [1.165, 1.54) is 7.11 Å². The lowest BCUT2D eigenvalue weighted by molar-refractivity contribution is -0.138. The number of carbonyl (C=O) groups is 2. The standard InChI is InChI=1S/C23H24N2O5/c1-6-30-23(28)20-14(3)24-18(21(20)26)12-16-11-13(2)25(15(16)4)19-10-8-7-9-17(19)22(27)29-5/h7-12,26H,6H2,1-5H3. The first kappa shape index (κ1) is 21.1. The van der Waals surface area contributed by atoms with Crippen LogP contribution in [0.4, 0.5) is 0 Å². The van der Waals surface area contributed by atoms with Gasteiger partial charge in [0.15, 0.2) is 5.76 Å². The van der Waals surface area contributed by atoms with Gasteiger partial charge in [0.2, 0.25) is 0 Å². The molecule has 1 aromatic heterocycles. The fourth-order valence-corrected chi connectivity index (χ4v) is 3.54. The first-order chi connectivity index (χ1) is 14.3. The minimum Gasteiger partial charge on any atom is -0.505 e. The zero-order chi connectivity index (χ0) is 22.0. The summed E-state index contributed by atoms with van der Waals surface area (Å²) in [6.07, 6.45) is 1.71. The van der Waals surface area contributed by atoms with E-state index in [1.807, 2.05) is 36.6 Å². The summed E-state index contributed by atoms with van der Waals surface area (Å²) in [7, 11) is 1.35. The quantitative estimate of drug-likeness (QED) is 0.753. The number of hydrogen-bond acceptors (Lipinski definition) is 6. The van der Waals surface area contributed by atoms with E-state index in [0.717, 1.165) is 17.0 Å². The zero-order valence-corrected chi connectivity index (χ0v) is 17.6. The van der Waals surface area contributed by atoms with Crippen LogP contribution >= 0.6 is 0 Å². The number of para-hydroxylation sites is 1. The average Bonchev–Trinajstić information content (AvgIpc) is 3.15. The molecular weight excluding hydrogens is 384 g/mol. The topological polar surface area (TPSA) is 90.1 Å². The highest BCUT2D eigenvalue weighted by atomic mass is 16.5. The molecule has 1 N–H and O–H groups in total. The fourth-order valence-electron chi connectivity index (χ4n) is 3.54. The minimum absolute atomic E-state index is 0.0768. The van der Waals surface area contributed by atoms with Crippen molar-refractivity contribution in [2.75, 3.05) is 13.7 Å². The number of esters is 2. The van der Waals surface area contributed by atoms with Crippen LogP contribution in [0.15, 0.2) is 52.4 Å². The highest BCUT2D eigenvalue weighted by Gasteiger charge is 2.28. The normalized spacial score (nSPS) is 14.8. The Hall–Kier alpha value is -3.61. The lowest BCUT2D eigenvalue weighted by atomic mass is 10.1. The number of aliphatic hydroxyl groups is 1. The maximum Gasteiger partial charge on any atom is 0.343 e. The number of rotatable bonds is 5. The van der Waals surface area contributed by atoms with Crippen LogP contribution in [0.25, 0.3) is 11.8 Å². The summed E-state index contributed by atoms with van der Waals surface area (Å²) in [4.78, 5) is 28.6. The maximum atomic E-state index is 12.2. The predicted octanol–water partition coefficient (Wildman–Crippen LogP) is 4.07. The van der Waals surface area contributed by atoms with E-state index < -0.39 is 11.9 Å². The lowest BCUT2D eigenvalue weighted by Crippen LogP contribution is -2.13. The molecule has 156 valence electrons. The SMILES string of the molecule is CCOC(=O)C1=C(O)C(=Cc2cc(C)n(-c3ccccc3C(=O)OC)c2C)N=C1C. The van der Waals surface area contributed by atoms with Crippen molar-refractivity contribution in [2.24, 2.45) is 4.99 Å². The molecule has 3 rings (SSSR count). The van der Waals surface area contributed by atoms with Crippen molar-refractivity contribution < 1.29 is 24.2 Å². The van der Waals surface area contributed by atoms with Gasteiger partial charge in [-0.15, -0.1) is 0 Å². The summed E-state index contributed by atoms with van der Waals surface area (Å²) < 4.78 is 11.9. The van der Waals surface area contributed by atoms with Crippen molar-refractivity contribution in [3.05, 3.63) is 69.9 Å². The monoisotopic (exact) mass is 408 g/mol. The van der Waals surface area contributed by atoms with E-state index >= 15 is 0 Å². The van der Waals surface area contributed by atoms with Crippen LogP contribution in [0.2, 0.25) is 0 Å². The molecule has 2 aromatic rings. The Kier molecular flexibility index (Phi) is 5.91. The zero-order valence-electron chi connectivity index (χ0n) is 17.6. The Morgan fingerprint density at radius 2 is 1.87 bits per heavy atom.